The van der Waals surface area contributed by atoms with E-state index in [1.807, 2.05) is 24.3 Å². The summed E-state index contributed by atoms with van der Waals surface area (Å²) >= 11 is 0. The molecule has 0 bridgehead atoms. The van der Waals surface area contributed by atoms with Gasteiger partial charge in [0.2, 0.25) is 0 Å². The average molecular weight is 364 g/mol. The average Bonchev–Trinajstić information content (AvgIpc) is 2.55. The lowest BCUT2D eigenvalue weighted by molar-refractivity contribution is -0.138. The van der Waals surface area contributed by atoms with Gasteiger partial charge >= 0.3 is 16.1 Å². The van der Waals surface area contributed by atoms with E-state index in [0.29, 0.717) is 18.8 Å². The highest BCUT2D eigenvalue weighted by Gasteiger charge is 2.12. The fraction of sp³-hybridized carbons (Fsp3) is 0.278. The second-order valence-electron chi connectivity index (χ2n) is 5.66. The molecule has 0 radical (unpaired) electrons. The van der Waals surface area contributed by atoms with Gasteiger partial charge in [0.1, 0.15) is 11.5 Å². The molecule has 1 atom stereocenters. The van der Waals surface area contributed by atoms with Crippen LogP contribution in [-0.4, -0.2) is 32.4 Å². The zero-order valence-electron chi connectivity index (χ0n) is 14.0. The maximum absolute atomic E-state index is 11.0. The first kappa shape index (κ1) is 18.8. The molecule has 1 N–H and O–H groups in total. The molecule has 2 rings (SSSR count). The smallest absolute Gasteiger partial charge is 0.310 e. The summed E-state index contributed by atoms with van der Waals surface area (Å²) in [7, 11) is -3.54. The summed E-state index contributed by atoms with van der Waals surface area (Å²) < 4.78 is 32.4. The summed E-state index contributed by atoms with van der Waals surface area (Å²) in [5.41, 5.74) is 1.80. The molecule has 6 nitrogen and oxygen atoms in total. The number of rotatable bonds is 8. The van der Waals surface area contributed by atoms with E-state index in [4.69, 9.17) is 14.0 Å². The van der Waals surface area contributed by atoms with Gasteiger partial charge in [-0.25, -0.2) is 0 Å². The molecular weight excluding hydrogens is 344 g/mol. The Morgan fingerprint density at radius 3 is 2.12 bits per heavy atom. The van der Waals surface area contributed by atoms with Gasteiger partial charge in [-0.3, -0.25) is 4.79 Å². The third kappa shape index (κ3) is 6.11. The predicted octanol–water partition coefficient (Wildman–Crippen LogP) is 2.83. The van der Waals surface area contributed by atoms with Crippen molar-refractivity contribution >= 4 is 16.1 Å². The van der Waals surface area contributed by atoms with Crippen molar-refractivity contribution in [1.82, 2.24) is 0 Å². The first-order valence-corrected chi connectivity index (χ1v) is 9.50. The van der Waals surface area contributed by atoms with Gasteiger partial charge in [-0.15, -0.1) is 0 Å². The van der Waals surface area contributed by atoms with Crippen molar-refractivity contribution in [1.29, 1.82) is 0 Å². The van der Waals surface area contributed by atoms with Crippen LogP contribution < -0.4 is 8.92 Å². The fourth-order valence-electron chi connectivity index (χ4n) is 2.17. The second-order valence-corrected chi connectivity index (χ2v) is 7.23. The van der Waals surface area contributed by atoms with Gasteiger partial charge in [-0.05, 0) is 42.3 Å². The van der Waals surface area contributed by atoms with Gasteiger partial charge in [-0.2, -0.15) is 8.42 Å². The van der Waals surface area contributed by atoms with E-state index in [1.54, 1.807) is 19.1 Å². The zero-order chi connectivity index (χ0) is 18.4. The molecule has 2 aromatic rings. The molecule has 0 aliphatic heterocycles. The van der Waals surface area contributed by atoms with E-state index in [9.17, 15) is 13.2 Å². The first-order valence-electron chi connectivity index (χ1n) is 7.68. The summed E-state index contributed by atoms with van der Waals surface area (Å²) in [6.45, 7) is 2.09. The molecule has 25 heavy (non-hydrogen) atoms. The molecule has 134 valence electrons. The lowest BCUT2D eigenvalue weighted by Gasteiger charge is -2.09. The number of carbonyl (C=O) groups is 1. The normalized spacial score (nSPS) is 12.4. The van der Waals surface area contributed by atoms with Gasteiger partial charge < -0.3 is 14.0 Å². The van der Waals surface area contributed by atoms with E-state index < -0.39 is 22.0 Å². The van der Waals surface area contributed by atoms with Crippen molar-refractivity contribution in [2.24, 2.45) is 0 Å². The third-order valence-corrected chi connectivity index (χ3v) is 4.08. The summed E-state index contributed by atoms with van der Waals surface area (Å²) in [5, 5.41) is 8.99. The minimum atomic E-state index is -3.54. The zero-order valence-corrected chi connectivity index (χ0v) is 14.8. The third-order valence-electron chi connectivity index (χ3n) is 3.58. The Hall–Kier alpha value is -2.54. The maximum atomic E-state index is 11.0. The maximum Gasteiger partial charge on any atom is 0.310 e. The van der Waals surface area contributed by atoms with E-state index >= 15 is 0 Å². The number of carboxylic acid groups (broad SMARTS) is 1. The lowest BCUT2D eigenvalue weighted by atomic mass is 9.99. The highest BCUT2D eigenvalue weighted by Crippen LogP contribution is 2.19. The summed E-state index contributed by atoms with van der Waals surface area (Å²) in [4.78, 5) is 11.0. The topological polar surface area (TPSA) is 89.9 Å². The van der Waals surface area contributed by atoms with Gasteiger partial charge in [0.15, 0.2) is 0 Å². The number of benzene rings is 2. The van der Waals surface area contributed by atoms with Gasteiger partial charge in [0.05, 0.1) is 18.8 Å². The number of ether oxygens (including phenoxy) is 1. The minimum Gasteiger partial charge on any atom is -0.493 e. The number of aliphatic carboxylic acids is 1. The molecule has 0 aliphatic rings. The molecule has 0 heterocycles. The van der Waals surface area contributed by atoms with Crippen LogP contribution in [0.5, 0.6) is 11.5 Å². The molecule has 0 spiro atoms. The Labute approximate surface area is 147 Å². The van der Waals surface area contributed by atoms with Crippen LogP contribution in [0.15, 0.2) is 48.5 Å². The number of hydrogen-bond acceptors (Lipinski definition) is 5. The van der Waals surface area contributed by atoms with Crippen molar-refractivity contribution in [2.75, 3.05) is 12.9 Å². The minimum absolute atomic E-state index is 0.234. The van der Waals surface area contributed by atoms with Crippen molar-refractivity contribution < 1.29 is 27.2 Å². The van der Waals surface area contributed by atoms with Gasteiger partial charge in [-0.1, -0.05) is 24.3 Å². The summed E-state index contributed by atoms with van der Waals surface area (Å²) in [5.74, 6) is -0.535. The molecule has 7 heteroatoms. The van der Waals surface area contributed by atoms with Gasteiger partial charge in [0.25, 0.3) is 0 Å². The Bertz CT molecular complexity index is 810. The van der Waals surface area contributed by atoms with E-state index in [0.717, 1.165) is 17.4 Å². The molecule has 0 saturated carbocycles. The fourth-order valence-corrected chi connectivity index (χ4v) is 2.63. The molecule has 1 unspecified atom stereocenters. The second kappa shape index (κ2) is 8.02. The van der Waals surface area contributed by atoms with Crippen molar-refractivity contribution in [3.05, 3.63) is 59.7 Å². The van der Waals surface area contributed by atoms with Crippen molar-refractivity contribution in [3.63, 3.8) is 0 Å². The quantitative estimate of drug-likeness (QED) is 0.725. The SMILES string of the molecule is CC(C(=O)O)c1ccc(CCOc2ccc(OS(C)(=O)=O)cc2)cc1. The summed E-state index contributed by atoms with van der Waals surface area (Å²) in [6, 6.07) is 13.7. The monoisotopic (exact) mass is 364 g/mol. The molecule has 0 amide bonds. The first-order chi connectivity index (χ1) is 11.7. The van der Waals surface area contributed by atoms with Crippen LogP contribution in [-0.2, 0) is 21.3 Å². The van der Waals surface area contributed by atoms with Gasteiger partial charge in [0, 0.05) is 6.42 Å². The Morgan fingerprint density at radius 1 is 1.04 bits per heavy atom. The highest BCUT2D eigenvalue weighted by atomic mass is 32.2. The van der Waals surface area contributed by atoms with E-state index in [-0.39, 0.29) is 5.75 Å². The molecule has 0 saturated heterocycles. The lowest BCUT2D eigenvalue weighted by Crippen LogP contribution is -2.07. The van der Waals surface area contributed by atoms with Crippen LogP contribution in [0.25, 0.3) is 0 Å². The van der Waals surface area contributed by atoms with Crippen molar-refractivity contribution in [2.45, 2.75) is 19.3 Å². The van der Waals surface area contributed by atoms with Crippen LogP contribution in [0.3, 0.4) is 0 Å². The standard InChI is InChI=1S/C18H20O6S/c1-13(18(19)20)15-5-3-14(4-6-15)11-12-23-16-7-9-17(10-8-16)24-25(2,21)22/h3-10,13H,11-12H2,1-2H3,(H,19,20). The molecule has 0 fully saturated rings. The molecule has 2 aromatic carbocycles. The Kier molecular flexibility index (Phi) is 6.03. The summed E-state index contributed by atoms with van der Waals surface area (Å²) in [6.07, 6.45) is 1.66. The Morgan fingerprint density at radius 2 is 1.60 bits per heavy atom. The van der Waals surface area contributed by atoms with Crippen LogP contribution in [0.2, 0.25) is 0 Å². The van der Waals surface area contributed by atoms with E-state index in [2.05, 4.69) is 0 Å². The van der Waals surface area contributed by atoms with Crippen LogP contribution in [0.4, 0.5) is 0 Å². The predicted molar refractivity (Wildman–Crippen MR) is 93.6 cm³/mol. The molecular formula is C18H20O6S. The molecule has 0 aliphatic carbocycles. The van der Waals surface area contributed by atoms with Crippen LogP contribution >= 0.6 is 0 Å². The van der Waals surface area contributed by atoms with Crippen molar-refractivity contribution in [3.8, 4) is 11.5 Å². The van der Waals surface area contributed by atoms with E-state index in [1.165, 1.54) is 12.1 Å². The highest BCUT2D eigenvalue weighted by molar-refractivity contribution is 7.86. The van der Waals surface area contributed by atoms with Crippen LogP contribution in [0.1, 0.15) is 24.0 Å². The number of carboxylic acids is 1. The Balaban J connectivity index is 1.85. The largest absolute Gasteiger partial charge is 0.493 e. The number of hydrogen-bond donors (Lipinski definition) is 1. The van der Waals surface area contributed by atoms with Crippen LogP contribution in [0, 0.1) is 0 Å². The molecule has 0 aromatic heterocycles.